The van der Waals surface area contributed by atoms with E-state index in [9.17, 15) is 4.79 Å². The van der Waals surface area contributed by atoms with Crippen molar-refractivity contribution in [1.29, 1.82) is 0 Å². The molecule has 0 atom stereocenters. The molecule has 0 aliphatic heterocycles. The Kier molecular flexibility index (Phi) is 6.91. The van der Waals surface area contributed by atoms with E-state index in [0.717, 1.165) is 22.9 Å². The highest BCUT2D eigenvalue weighted by molar-refractivity contribution is 9.10. The van der Waals surface area contributed by atoms with Crippen molar-refractivity contribution in [1.82, 2.24) is 0 Å². The van der Waals surface area contributed by atoms with Gasteiger partial charge in [-0.2, -0.15) is 0 Å². The normalized spacial score (nSPS) is 17.3. The molecule has 0 saturated carbocycles. The molecule has 0 fully saturated rings. The average molecular weight is 469 g/mol. The van der Waals surface area contributed by atoms with Gasteiger partial charge in [-0.15, -0.1) is 0 Å². The van der Waals surface area contributed by atoms with Crippen LogP contribution in [-0.4, -0.2) is 12.6 Å². The van der Waals surface area contributed by atoms with Crippen molar-refractivity contribution in [2.45, 2.75) is 71.1 Å². The molecule has 1 aliphatic rings. The number of carbonyl (C=O) groups excluding carboxylic acids is 1. The van der Waals surface area contributed by atoms with Crippen LogP contribution >= 0.6 is 15.9 Å². The number of hydrogen-bond donors (Lipinski definition) is 0. The van der Waals surface area contributed by atoms with Gasteiger partial charge in [0.25, 0.3) is 0 Å². The van der Waals surface area contributed by atoms with Crippen LogP contribution in [0.4, 0.5) is 0 Å². The molecule has 2 aromatic rings. The molecule has 0 amide bonds. The quantitative estimate of drug-likeness (QED) is 0.326. The van der Waals surface area contributed by atoms with Crippen molar-refractivity contribution >= 4 is 27.5 Å². The van der Waals surface area contributed by atoms with Crippen LogP contribution in [0.1, 0.15) is 76.1 Å². The lowest BCUT2D eigenvalue weighted by atomic mass is 9.63. The molecule has 0 bridgehead atoms. The maximum Gasteiger partial charge on any atom is 0.338 e. The third-order valence-corrected chi connectivity index (χ3v) is 6.82. The average Bonchev–Trinajstić information content (AvgIpc) is 2.69. The van der Waals surface area contributed by atoms with E-state index in [-0.39, 0.29) is 16.8 Å². The summed E-state index contributed by atoms with van der Waals surface area (Å²) in [4.78, 5) is 12.5. The van der Waals surface area contributed by atoms with Gasteiger partial charge in [0, 0.05) is 4.47 Å². The van der Waals surface area contributed by atoms with Crippen LogP contribution in [0.25, 0.3) is 5.57 Å². The standard InChI is InChI=1S/C27H33BrO2/c1-6-30-25(29)22(20-10-8-11-21(28)18-20)12-7-9-19-13-14-23-24(17-19)27(4,5)16-15-26(23,2)3/h8,10-14,17-18H,6-7,9,15-16H2,1-5H3. The van der Waals surface area contributed by atoms with Crippen LogP contribution in [0.3, 0.4) is 0 Å². The number of benzene rings is 2. The zero-order chi connectivity index (χ0) is 21.9. The summed E-state index contributed by atoms with van der Waals surface area (Å²) in [5.41, 5.74) is 6.27. The van der Waals surface area contributed by atoms with E-state index in [1.807, 2.05) is 37.3 Å². The minimum Gasteiger partial charge on any atom is -0.462 e. The molecule has 3 rings (SSSR count). The maximum absolute atomic E-state index is 12.5. The first-order valence-corrected chi connectivity index (χ1v) is 11.7. The zero-order valence-electron chi connectivity index (χ0n) is 18.8. The van der Waals surface area contributed by atoms with Gasteiger partial charge in [-0.25, -0.2) is 4.79 Å². The number of carbonyl (C=O) groups is 1. The molecule has 0 aromatic heterocycles. The zero-order valence-corrected chi connectivity index (χ0v) is 20.4. The fourth-order valence-corrected chi connectivity index (χ4v) is 4.76. The van der Waals surface area contributed by atoms with Gasteiger partial charge in [0.1, 0.15) is 0 Å². The number of fused-ring (bicyclic) bond motifs is 1. The van der Waals surface area contributed by atoms with E-state index in [4.69, 9.17) is 4.74 Å². The van der Waals surface area contributed by atoms with Crippen LogP contribution in [0.2, 0.25) is 0 Å². The molecular formula is C27H33BrO2. The van der Waals surface area contributed by atoms with Gasteiger partial charge in [0.15, 0.2) is 0 Å². The minimum atomic E-state index is -0.260. The summed E-state index contributed by atoms with van der Waals surface area (Å²) >= 11 is 3.50. The number of aryl methyl sites for hydroxylation is 1. The molecule has 0 unspecified atom stereocenters. The van der Waals surface area contributed by atoms with E-state index < -0.39 is 0 Å². The largest absolute Gasteiger partial charge is 0.462 e. The van der Waals surface area contributed by atoms with Crippen LogP contribution in [0.15, 0.2) is 53.0 Å². The van der Waals surface area contributed by atoms with Gasteiger partial charge in [-0.3, -0.25) is 0 Å². The Morgan fingerprint density at radius 1 is 1.03 bits per heavy atom. The molecule has 2 nitrogen and oxygen atoms in total. The molecule has 0 heterocycles. The number of allylic oxidation sites excluding steroid dienone is 1. The smallest absolute Gasteiger partial charge is 0.338 e. The van der Waals surface area contributed by atoms with Crippen molar-refractivity contribution in [3.8, 4) is 0 Å². The summed E-state index contributed by atoms with van der Waals surface area (Å²) in [6.45, 7) is 11.6. The predicted octanol–water partition coefficient (Wildman–Crippen LogP) is 7.38. The predicted molar refractivity (Wildman–Crippen MR) is 129 cm³/mol. The Morgan fingerprint density at radius 2 is 1.73 bits per heavy atom. The first-order valence-electron chi connectivity index (χ1n) is 10.9. The summed E-state index contributed by atoms with van der Waals surface area (Å²) in [5, 5.41) is 0. The molecular weight excluding hydrogens is 436 g/mol. The third kappa shape index (κ3) is 5.06. The summed E-state index contributed by atoms with van der Waals surface area (Å²) < 4.78 is 6.26. The summed E-state index contributed by atoms with van der Waals surface area (Å²) in [5.74, 6) is -0.260. The Labute approximate surface area is 189 Å². The van der Waals surface area contributed by atoms with E-state index >= 15 is 0 Å². The molecule has 3 heteroatoms. The molecule has 0 radical (unpaired) electrons. The third-order valence-electron chi connectivity index (χ3n) is 6.33. The minimum absolute atomic E-state index is 0.211. The lowest BCUT2D eigenvalue weighted by molar-refractivity contribution is -0.136. The number of rotatable bonds is 6. The van der Waals surface area contributed by atoms with Crippen molar-refractivity contribution in [3.05, 3.63) is 75.3 Å². The number of esters is 1. The monoisotopic (exact) mass is 468 g/mol. The Morgan fingerprint density at radius 3 is 2.40 bits per heavy atom. The van der Waals surface area contributed by atoms with Crippen LogP contribution in [0, 0.1) is 0 Å². The highest BCUT2D eigenvalue weighted by Gasteiger charge is 2.36. The fourth-order valence-electron chi connectivity index (χ4n) is 4.36. The van der Waals surface area contributed by atoms with E-state index in [1.54, 1.807) is 0 Å². The van der Waals surface area contributed by atoms with Gasteiger partial charge in [-0.1, -0.05) is 80.0 Å². The first kappa shape index (κ1) is 22.8. The van der Waals surface area contributed by atoms with Gasteiger partial charge >= 0.3 is 5.97 Å². The maximum atomic E-state index is 12.5. The molecule has 0 saturated heterocycles. The van der Waals surface area contributed by atoms with Crippen molar-refractivity contribution < 1.29 is 9.53 Å². The second-order valence-electron chi connectivity index (χ2n) is 9.53. The molecule has 1 aliphatic carbocycles. The summed E-state index contributed by atoms with van der Waals surface area (Å²) in [7, 11) is 0. The summed E-state index contributed by atoms with van der Waals surface area (Å²) in [6, 6.07) is 14.8. The Balaban J connectivity index is 1.84. The summed E-state index contributed by atoms with van der Waals surface area (Å²) in [6.07, 6.45) is 6.16. The molecule has 0 spiro atoms. The van der Waals surface area contributed by atoms with E-state index in [1.165, 1.54) is 29.5 Å². The van der Waals surface area contributed by atoms with E-state index in [2.05, 4.69) is 61.8 Å². The fraction of sp³-hybridized carbons (Fsp3) is 0.444. The van der Waals surface area contributed by atoms with Gasteiger partial charge < -0.3 is 4.74 Å². The Hall–Kier alpha value is -1.87. The van der Waals surface area contributed by atoms with Crippen LogP contribution in [0.5, 0.6) is 0 Å². The van der Waals surface area contributed by atoms with Gasteiger partial charge in [0.2, 0.25) is 0 Å². The molecule has 2 aromatic carbocycles. The van der Waals surface area contributed by atoms with Crippen molar-refractivity contribution in [3.63, 3.8) is 0 Å². The van der Waals surface area contributed by atoms with E-state index in [0.29, 0.717) is 12.2 Å². The molecule has 0 N–H and O–H groups in total. The highest BCUT2D eigenvalue weighted by atomic mass is 79.9. The number of hydrogen-bond acceptors (Lipinski definition) is 2. The topological polar surface area (TPSA) is 26.3 Å². The SMILES string of the molecule is CCOC(=O)C(=CCCc1ccc2c(c1)C(C)(C)CCC2(C)C)c1cccc(Br)c1. The first-order chi connectivity index (χ1) is 14.1. The van der Waals surface area contributed by atoms with Gasteiger partial charge in [-0.05, 0) is 77.8 Å². The van der Waals surface area contributed by atoms with Crippen LogP contribution < -0.4 is 0 Å². The van der Waals surface area contributed by atoms with Crippen LogP contribution in [-0.2, 0) is 26.8 Å². The lowest BCUT2D eigenvalue weighted by Gasteiger charge is -2.42. The number of ether oxygens (including phenoxy) is 1. The molecule has 30 heavy (non-hydrogen) atoms. The second kappa shape index (κ2) is 9.09. The lowest BCUT2D eigenvalue weighted by Crippen LogP contribution is -2.33. The van der Waals surface area contributed by atoms with Gasteiger partial charge in [0.05, 0.1) is 12.2 Å². The Bertz CT molecular complexity index is 953. The molecule has 160 valence electrons. The number of halogens is 1. The van der Waals surface area contributed by atoms with Crippen molar-refractivity contribution in [2.75, 3.05) is 6.61 Å². The second-order valence-corrected chi connectivity index (χ2v) is 10.5. The highest BCUT2D eigenvalue weighted by Crippen LogP contribution is 2.46. The van der Waals surface area contributed by atoms with Crippen molar-refractivity contribution in [2.24, 2.45) is 0 Å².